The Kier molecular flexibility index (Phi) is 6.21. The van der Waals surface area contributed by atoms with Gasteiger partial charge in [0.05, 0.1) is 6.10 Å². The number of ether oxygens (including phenoxy) is 2. The van der Waals surface area contributed by atoms with E-state index in [4.69, 9.17) is 26.2 Å². The van der Waals surface area contributed by atoms with Crippen molar-refractivity contribution in [3.05, 3.63) is 58.6 Å². The molecule has 0 saturated carbocycles. The number of hydrogen-bond donors (Lipinski definition) is 3. The van der Waals surface area contributed by atoms with Crippen molar-refractivity contribution < 1.29 is 24.5 Å². The Morgan fingerprint density at radius 1 is 1.30 bits per heavy atom. The second kappa shape index (κ2) is 8.61. The smallest absolute Gasteiger partial charge is 0.348 e. The molecule has 0 aromatic heterocycles. The fraction of sp³-hybridized carbons (Fsp3) is 0.350. The van der Waals surface area contributed by atoms with Gasteiger partial charge in [-0.05, 0) is 48.7 Å². The molecule has 0 amide bonds. The second-order valence-electron chi connectivity index (χ2n) is 6.62. The molecule has 2 aromatic carbocycles. The van der Waals surface area contributed by atoms with Crippen molar-refractivity contribution in [2.24, 2.45) is 0 Å². The molecule has 3 rings (SSSR count). The average molecular weight is 392 g/mol. The van der Waals surface area contributed by atoms with E-state index in [0.717, 1.165) is 11.1 Å². The highest BCUT2D eigenvalue weighted by Gasteiger charge is 2.27. The number of carboxylic acid groups (broad SMARTS) is 1. The molecule has 1 aliphatic heterocycles. The monoisotopic (exact) mass is 391 g/mol. The van der Waals surface area contributed by atoms with Crippen molar-refractivity contribution in [3.8, 4) is 11.5 Å². The molecule has 3 N–H and O–H groups in total. The lowest BCUT2D eigenvalue weighted by atomic mass is 10.0. The van der Waals surface area contributed by atoms with E-state index in [-0.39, 0.29) is 12.6 Å². The van der Waals surface area contributed by atoms with Gasteiger partial charge in [0.2, 0.25) is 6.10 Å². The summed E-state index contributed by atoms with van der Waals surface area (Å²) in [5.74, 6) is -0.0540. The standard InChI is InChI=1S/C20H22ClNO5/c1-12(22-10-16(23)14-3-2-4-15(21)9-14)7-13-5-6-17-18(8-13)27-19(11-26-17)20(24)25/h2-6,8-9,12,16,19,22-23H,7,10-11H2,1H3,(H,24,25)/t12?,16?,19-/m0/s1. The summed E-state index contributed by atoms with van der Waals surface area (Å²) in [6.45, 7) is 2.41. The van der Waals surface area contributed by atoms with Crippen LogP contribution in [0.1, 0.15) is 24.2 Å². The van der Waals surface area contributed by atoms with Crippen molar-refractivity contribution in [3.63, 3.8) is 0 Å². The Bertz CT molecular complexity index is 813. The fourth-order valence-corrected chi connectivity index (χ4v) is 3.13. The molecule has 0 saturated heterocycles. The van der Waals surface area contributed by atoms with Crippen LogP contribution >= 0.6 is 11.6 Å². The van der Waals surface area contributed by atoms with Gasteiger partial charge < -0.3 is 25.0 Å². The predicted molar refractivity (Wildman–Crippen MR) is 102 cm³/mol. The number of carbonyl (C=O) groups is 1. The topological polar surface area (TPSA) is 88.0 Å². The summed E-state index contributed by atoms with van der Waals surface area (Å²) in [5, 5.41) is 23.2. The number of rotatable bonds is 7. The van der Waals surface area contributed by atoms with E-state index < -0.39 is 18.2 Å². The first-order valence-corrected chi connectivity index (χ1v) is 9.12. The Hall–Kier alpha value is -2.28. The minimum Gasteiger partial charge on any atom is -0.485 e. The van der Waals surface area contributed by atoms with Crippen LogP contribution in [-0.4, -0.2) is 41.5 Å². The average Bonchev–Trinajstić information content (AvgIpc) is 2.65. The third kappa shape index (κ3) is 5.13. The van der Waals surface area contributed by atoms with Crippen molar-refractivity contribution in [2.75, 3.05) is 13.2 Å². The molecule has 1 aliphatic rings. The maximum absolute atomic E-state index is 11.1. The van der Waals surface area contributed by atoms with Gasteiger partial charge in [-0.25, -0.2) is 4.79 Å². The van der Waals surface area contributed by atoms with E-state index >= 15 is 0 Å². The van der Waals surface area contributed by atoms with Gasteiger partial charge in [-0.2, -0.15) is 0 Å². The number of nitrogens with one attached hydrogen (secondary N) is 1. The molecule has 3 atom stereocenters. The van der Waals surface area contributed by atoms with E-state index in [0.29, 0.717) is 29.5 Å². The van der Waals surface area contributed by atoms with Crippen LogP contribution in [-0.2, 0) is 11.2 Å². The summed E-state index contributed by atoms with van der Waals surface area (Å²) in [7, 11) is 0. The molecule has 0 spiro atoms. The quantitative estimate of drug-likeness (QED) is 0.672. The van der Waals surface area contributed by atoms with Gasteiger partial charge in [-0.3, -0.25) is 0 Å². The second-order valence-corrected chi connectivity index (χ2v) is 7.06. The van der Waals surface area contributed by atoms with Crippen LogP contribution in [0.5, 0.6) is 11.5 Å². The lowest BCUT2D eigenvalue weighted by Gasteiger charge is -2.24. The van der Waals surface area contributed by atoms with Crippen LogP contribution in [0.2, 0.25) is 5.02 Å². The van der Waals surface area contributed by atoms with Gasteiger partial charge in [-0.15, -0.1) is 0 Å². The van der Waals surface area contributed by atoms with Gasteiger partial charge in [0.1, 0.15) is 6.61 Å². The van der Waals surface area contributed by atoms with Crippen LogP contribution < -0.4 is 14.8 Å². The van der Waals surface area contributed by atoms with E-state index in [9.17, 15) is 9.90 Å². The van der Waals surface area contributed by atoms with E-state index in [1.165, 1.54) is 0 Å². The molecular formula is C20H22ClNO5. The minimum atomic E-state index is -1.05. The molecule has 0 aliphatic carbocycles. The number of aliphatic hydroxyl groups is 1. The van der Waals surface area contributed by atoms with Crippen LogP contribution in [0.25, 0.3) is 0 Å². The Labute approximate surface area is 162 Å². The Morgan fingerprint density at radius 2 is 2.11 bits per heavy atom. The third-order valence-corrected chi connectivity index (χ3v) is 4.61. The molecule has 0 bridgehead atoms. The molecule has 0 fully saturated rings. The highest BCUT2D eigenvalue weighted by atomic mass is 35.5. The van der Waals surface area contributed by atoms with Gasteiger partial charge >= 0.3 is 5.97 Å². The molecule has 2 unspecified atom stereocenters. The highest BCUT2D eigenvalue weighted by molar-refractivity contribution is 6.30. The Morgan fingerprint density at radius 3 is 2.85 bits per heavy atom. The zero-order valence-corrected chi connectivity index (χ0v) is 15.6. The molecule has 2 aromatic rings. The molecule has 27 heavy (non-hydrogen) atoms. The zero-order valence-electron chi connectivity index (χ0n) is 14.9. The van der Waals surface area contributed by atoms with Gasteiger partial charge in [0.15, 0.2) is 11.5 Å². The number of carboxylic acids is 1. The number of aliphatic hydroxyl groups excluding tert-OH is 1. The largest absolute Gasteiger partial charge is 0.485 e. The summed E-state index contributed by atoms with van der Waals surface area (Å²) in [4.78, 5) is 11.1. The molecule has 7 heteroatoms. The minimum absolute atomic E-state index is 0.00102. The number of aliphatic carboxylic acids is 1. The summed E-state index contributed by atoms with van der Waals surface area (Å²) >= 11 is 5.96. The van der Waals surface area contributed by atoms with Gasteiger partial charge in [-0.1, -0.05) is 29.8 Å². The Balaban J connectivity index is 1.56. The van der Waals surface area contributed by atoms with E-state index in [1.54, 1.807) is 24.3 Å². The lowest BCUT2D eigenvalue weighted by Crippen LogP contribution is -2.36. The van der Waals surface area contributed by atoms with E-state index in [1.807, 2.05) is 25.1 Å². The maximum atomic E-state index is 11.1. The molecular weight excluding hydrogens is 370 g/mol. The first-order valence-electron chi connectivity index (χ1n) is 8.74. The number of hydrogen-bond acceptors (Lipinski definition) is 5. The van der Waals surface area contributed by atoms with Crippen LogP contribution in [0.4, 0.5) is 0 Å². The lowest BCUT2D eigenvalue weighted by molar-refractivity contribution is -0.147. The third-order valence-electron chi connectivity index (χ3n) is 4.38. The van der Waals surface area contributed by atoms with Crippen LogP contribution in [0, 0.1) is 0 Å². The fourth-order valence-electron chi connectivity index (χ4n) is 2.94. The molecule has 0 radical (unpaired) electrons. The summed E-state index contributed by atoms with van der Waals surface area (Å²) in [6, 6.07) is 12.8. The highest BCUT2D eigenvalue weighted by Crippen LogP contribution is 2.33. The summed E-state index contributed by atoms with van der Waals surface area (Å²) in [5.41, 5.74) is 1.75. The van der Waals surface area contributed by atoms with Crippen molar-refractivity contribution in [2.45, 2.75) is 31.6 Å². The van der Waals surface area contributed by atoms with Crippen LogP contribution in [0.3, 0.4) is 0 Å². The van der Waals surface area contributed by atoms with Gasteiger partial charge in [0.25, 0.3) is 0 Å². The van der Waals surface area contributed by atoms with E-state index in [2.05, 4.69) is 5.32 Å². The normalized spacial score (nSPS) is 18.0. The predicted octanol–water partition coefficient (Wildman–Crippen LogP) is 2.82. The summed E-state index contributed by atoms with van der Waals surface area (Å²) in [6.07, 6.45) is -0.949. The number of fused-ring (bicyclic) bond motifs is 1. The van der Waals surface area contributed by atoms with Crippen molar-refractivity contribution in [1.82, 2.24) is 5.32 Å². The van der Waals surface area contributed by atoms with Crippen molar-refractivity contribution >= 4 is 17.6 Å². The number of benzene rings is 2. The van der Waals surface area contributed by atoms with Gasteiger partial charge in [0, 0.05) is 17.6 Å². The summed E-state index contributed by atoms with van der Waals surface area (Å²) < 4.78 is 10.9. The number of halogens is 1. The first kappa shape index (κ1) is 19.5. The van der Waals surface area contributed by atoms with Crippen LogP contribution in [0.15, 0.2) is 42.5 Å². The first-order chi connectivity index (χ1) is 12.9. The maximum Gasteiger partial charge on any atom is 0.348 e. The van der Waals surface area contributed by atoms with Crippen molar-refractivity contribution in [1.29, 1.82) is 0 Å². The zero-order chi connectivity index (χ0) is 19.4. The SMILES string of the molecule is CC(Cc1ccc2c(c1)O[C@H](C(=O)O)CO2)NCC(O)c1cccc(Cl)c1. The molecule has 1 heterocycles. The molecule has 144 valence electrons. The molecule has 6 nitrogen and oxygen atoms in total.